The summed E-state index contributed by atoms with van der Waals surface area (Å²) in [6.45, 7) is 2.84. The molecule has 0 radical (unpaired) electrons. The lowest BCUT2D eigenvalue weighted by molar-refractivity contribution is 0.0979. The Labute approximate surface area is 138 Å². The van der Waals surface area contributed by atoms with Gasteiger partial charge in [0.15, 0.2) is 0 Å². The number of aryl methyl sites for hydroxylation is 1. The molecule has 0 bridgehead atoms. The molecule has 0 saturated heterocycles. The summed E-state index contributed by atoms with van der Waals surface area (Å²) in [5, 5.41) is 2.85. The molecule has 0 unspecified atom stereocenters. The summed E-state index contributed by atoms with van der Waals surface area (Å²) in [5.74, 6) is -1.15. The number of carbonyl (C=O) groups is 1. The second kappa shape index (κ2) is 7.10. The van der Waals surface area contributed by atoms with Gasteiger partial charge in [0.1, 0.15) is 28.1 Å². The fraction of sp³-hybridized carbons (Fsp3) is 0.333. The Bertz CT molecular complexity index is 830. The molecular formula is C15H17FN2O5S. The molecule has 1 aromatic carbocycles. The monoisotopic (exact) mass is 356 g/mol. The van der Waals surface area contributed by atoms with Gasteiger partial charge < -0.3 is 9.26 Å². The smallest absolute Gasteiger partial charge is 0.270 e. The molecule has 1 heterocycles. The van der Waals surface area contributed by atoms with Crippen LogP contribution in [0.15, 0.2) is 28.8 Å². The lowest BCUT2D eigenvalue weighted by Crippen LogP contribution is -2.39. The zero-order valence-electron chi connectivity index (χ0n) is 13.4. The summed E-state index contributed by atoms with van der Waals surface area (Å²) in [4.78, 5) is 12.4. The van der Waals surface area contributed by atoms with Crippen LogP contribution in [0.25, 0.3) is 11.3 Å². The summed E-state index contributed by atoms with van der Waals surface area (Å²) in [6.07, 6.45) is 0. The number of aromatic nitrogens is 1. The van der Waals surface area contributed by atoms with Gasteiger partial charge in [-0.3, -0.25) is 4.79 Å². The van der Waals surface area contributed by atoms with Crippen molar-refractivity contribution in [1.82, 2.24) is 9.88 Å². The summed E-state index contributed by atoms with van der Waals surface area (Å²) in [7, 11) is -2.56. The average molecular weight is 356 g/mol. The molecule has 1 N–H and O–H groups in total. The lowest BCUT2D eigenvalue weighted by atomic mass is 10.1. The number of hydrogen-bond acceptors (Lipinski definition) is 6. The summed E-state index contributed by atoms with van der Waals surface area (Å²) in [5.41, 5.74) is 0.551. The van der Waals surface area contributed by atoms with Crippen molar-refractivity contribution in [3.8, 4) is 11.3 Å². The molecule has 7 nitrogen and oxygen atoms in total. The molecule has 130 valence electrons. The van der Waals surface area contributed by atoms with Crippen molar-refractivity contribution in [3.05, 3.63) is 41.4 Å². The van der Waals surface area contributed by atoms with Gasteiger partial charge in [-0.25, -0.2) is 17.5 Å². The standard InChI is InChI=1S/C15H17FN2O5S/c1-9(8-22-3)24(20,21)18-15(19)13-10(2)23-17-14(13)11-4-6-12(16)7-5-11/h4-7,9H,8H2,1-3H3,(H,18,19)/t9-/m1/s1. The number of halogens is 1. The number of benzene rings is 1. The van der Waals surface area contributed by atoms with Crippen LogP contribution in [0.3, 0.4) is 0 Å². The molecular weight excluding hydrogens is 339 g/mol. The molecule has 24 heavy (non-hydrogen) atoms. The van der Waals surface area contributed by atoms with Crippen LogP contribution in [0.4, 0.5) is 4.39 Å². The molecule has 0 aliphatic rings. The number of hydrogen-bond donors (Lipinski definition) is 1. The van der Waals surface area contributed by atoms with E-state index in [9.17, 15) is 17.6 Å². The Morgan fingerprint density at radius 2 is 2.00 bits per heavy atom. The Kier molecular flexibility index (Phi) is 5.35. The minimum Gasteiger partial charge on any atom is -0.383 e. The van der Waals surface area contributed by atoms with Crippen LogP contribution in [0.5, 0.6) is 0 Å². The maximum absolute atomic E-state index is 13.0. The predicted molar refractivity (Wildman–Crippen MR) is 84.4 cm³/mol. The predicted octanol–water partition coefficient (Wildman–Crippen LogP) is 1.88. The molecule has 0 fully saturated rings. The van der Waals surface area contributed by atoms with E-state index < -0.39 is 27.0 Å². The summed E-state index contributed by atoms with van der Waals surface area (Å²) in [6, 6.07) is 5.26. The first-order valence-corrected chi connectivity index (χ1v) is 8.58. The summed E-state index contributed by atoms with van der Waals surface area (Å²) >= 11 is 0. The second-order valence-corrected chi connectivity index (χ2v) is 7.31. The van der Waals surface area contributed by atoms with E-state index in [0.29, 0.717) is 5.56 Å². The number of carbonyl (C=O) groups excluding carboxylic acids is 1. The second-order valence-electron chi connectivity index (χ2n) is 5.21. The van der Waals surface area contributed by atoms with Gasteiger partial charge in [-0.05, 0) is 38.1 Å². The average Bonchev–Trinajstić information content (AvgIpc) is 2.89. The number of ether oxygens (including phenoxy) is 1. The largest absolute Gasteiger partial charge is 0.383 e. The van der Waals surface area contributed by atoms with E-state index in [1.165, 1.54) is 45.2 Å². The molecule has 2 aromatic rings. The maximum Gasteiger partial charge on any atom is 0.270 e. The summed E-state index contributed by atoms with van der Waals surface area (Å²) < 4.78 is 49.0. The third-order valence-corrected chi connectivity index (χ3v) is 5.04. The van der Waals surface area contributed by atoms with Crippen molar-refractivity contribution < 1.29 is 26.9 Å². The minimum atomic E-state index is -3.92. The Hall–Kier alpha value is -2.26. The Balaban J connectivity index is 2.34. The van der Waals surface area contributed by atoms with Gasteiger partial charge in [0.25, 0.3) is 5.91 Å². The van der Waals surface area contributed by atoms with Gasteiger partial charge in [0.2, 0.25) is 10.0 Å². The fourth-order valence-corrected chi connectivity index (χ4v) is 2.93. The zero-order valence-corrected chi connectivity index (χ0v) is 14.2. The quantitative estimate of drug-likeness (QED) is 0.849. The van der Waals surface area contributed by atoms with E-state index in [4.69, 9.17) is 9.26 Å². The van der Waals surface area contributed by atoms with E-state index in [0.717, 1.165) is 0 Å². The molecule has 9 heteroatoms. The maximum atomic E-state index is 13.0. The molecule has 1 atom stereocenters. The normalized spacial score (nSPS) is 12.8. The highest BCUT2D eigenvalue weighted by molar-refractivity contribution is 7.90. The van der Waals surface area contributed by atoms with Crippen LogP contribution in [0, 0.1) is 12.7 Å². The van der Waals surface area contributed by atoms with Crippen molar-refractivity contribution in [2.45, 2.75) is 19.1 Å². The number of sulfonamides is 1. The first kappa shape index (κ1) is 18.1. The number of methoxy groups -OCH3 is 1. The van der Waals surface area contributed by atoms with Crippen molar-refractivity contribution in [1.29, 1.82) is 0 Å². The van der Waals surface area contributed by atoms with E-state index in [2.05, 4.69) is 5.16 Å². The Morgan fingerprint density at radius 1 is 1.38 bits per heavy atom. The highest BCUT2D eigenvalue weighted by Gasteiger charge is 2.28. The first-order valence-electron chi connectivity index (χ1n) is 7.03. The number of rotatable bonds is 6. The molecule has 0 aliphatic heterocycles. The molecule has 2 rings (SSSR count). The fourth-order valence-electron chi connectivity index (χ4n) is 2.05. The Morgan fingerprint density at radius 3 is 2.58 bits per heavy atom. The zero-order chi connectivity index (χ0) is 17.9. The highest BCUT2D eigenvalue weighted by Crippen LogP contribution is 2.25. The van der Waals surface area contributed by atoms with Crippen LogP contribution in [0.1, 0.15) is 23.0 Å². The van der Waals surface area contributed by atoms with Gasteiger partial charge in [-0.15, -0.1) is 0 Å². The molecule has 1 aromatic heterocycles. The first-order chi connectivity index (χ1) is 11.3. The third-order valence-electron chi connectivity index (χ3n) is 3.37. The van der Waals surface area contributed by atoms with E-state index in [-0.39, 0.29) is 23.6 Å². The minimum absolute atomic E-state index is 0.0187. The van der Waals surface area contributed by atoms with Crippen LogP contribution in [-0.4, -0.2) is 38.4 Å². The number of nitrogens with zero attached hydrogens (tertiary/aromatic N) is 1. The molecule has 0 saturated carbocycles. The number of nitrogens with one attached hydrogen (secondary N) is 1. The van der Waals surface area contributed by atoms with Crippen LogP contribution in [0.2, 0.25) is 0 Å². The molecule has 0 spiro atoms. The topological polar surface area (TPSA) is 98.5 Å². The van der Waals surface area contributed by atoms with Crippen LogP contribution >= 0.6 is 0 Å². The highest BCUT2D eigenvalue weighted by atomic mass is 32.2. The van der Waals surface area contributed by atoms with Crippen molar-refractivity contribution in [2.75, 3.05) is 13.7 Å². The number of amides is 1. The van der Waals surface area contributed by atoms with Crippen LogP contribution in [-0.2, 0) is 14.8 Å². The van der Waals surface area contributed by atoms with Crippen molar-refractivity contribution in [2.24, 2.45) is 0 Å². The van der Waals surface area contributed by atoms with E-state index in [1.54, 1.807) is 0 Å². The van der Waals surface area contributed by atoms with Gasteiger partial charge in [0, 0.05) is 12.7 Å². The third kappa shape index (κ3) is 3.80. The van der Waals surface area contributed by atoms with Gasteiger partial charge in [-0.2, -0.15) is 0 Å². The van der Waals surface area contributed by atoms with Gasteiger partial charge in [-0.1, -0.05) is 5.16 Å². The van der Waals surface area contributed by atoms with Crippen molar-refractivity contribution in [3.63, 3.8) is 0 Å². The van der Waals surface area contributed by atoms with Gasteiger partial charge in [0.05, 0.1) is 6.61 Å². The van der Waals surface area contributed by atoms with E-state index in [1.807, 2.05) is 4.72 Å². The molecule has 1 amide bonds. The SMILES string of the molecule is COC[C@@H](C)S(=O)(=O)NC(=O)c1c(-c2ccc(F)cc2)noc1C. The van der Waals surface area contributed by atoms with Gasteiger partial charge >= 0.3 is 0 Å². The van der Waals surface area contributed by atoms with Crippen molar-refractivity contribution >= 4 is 15.9 Å². The molecule has 0 aliphatic carbocycles. The van der Waals surface area contributed by atoms with E-state index >= 15 is 0 Å². The van der Waals surface area contributed by atoms with Crippen LogP contribution < -0.4 is 4.72 Å². The lowest BCUT2D eigenvalue weighted by Gasteiger charge is -2.13.